The van der Waals surface area contributed by atoms with E-state index >= 15 is 0 Å². The van der Waals surface area contributed by atoms with E-state index in [9.17, 15) is 9.59 Å². The molecule has 0 saturated heterocycles. The molecule has 0 unspecified atom stereocenters. The van der Waals surface area contributed by atoms with Crippen molar-refractivity contribution in [3.8, 4) is 0 Å². The zero-order valence-corrected chi connectivity index (χ0v) is 17.9. The predicted molar refractivity (Wildman–Crippen MR) is 119 cm³/mol. The van der Waals surface area contributed by atoms with Crippen molar-refractivity contribution in [1.82, 2.24) is 24.6 Å². The van der Waals surface area contributed by atoms with E-state index < -0.39 is 0 Å². The minimum Gasteiger partial charge on any atom is -0.346 e. The monoisotopic (exact) mass is 416 g/mol. The molecule has 1 aliphatic heterocycles. The molecule has 2 N–H and O–H groups in total. The van der Waals surface area contributed by atoms with Gasteiger partial charge < -0.3 is 15.2 Å². The first-order valence-corrected chi connectivity index (χ1v) is 10.4. The number of carbonyl (C=O) groups is 2. The van der Waals surface area contributed by atoms with Crippen molar-refractivity contribution >= 4 is 39.4 Å². The van der Waals surface area contributed by atoms with Crippen LogP contribution in [0.5, 0.6) is 0 Å². The van der Waals surface area contributed by atoms with Gasteiger partial charge in [0.1, 0.15) is 5.69 Å². The number of aromatic nitrogens is 4. The normalized spacial score (nSPS) is 18.4. The van der Waals surface area contributed by atoms with Crippen molar-refractivity contribution in [2.45, 2.75) is 45.8 Å². The van der Waals surface area contributed by atoms with E-state index in [1.54, 1.807) is 18.5 Å². The molecule has 0 fully saturated rings. The Bertz CT molecular complexity index is 1350. The first-order chi connectivity index (χ1) is 14.8. The van der Waals surface area contributed by atoms with Gasteiger partial charge in [0.05, 0.1) is 24.1 Å². The highest BCUT2D eigenvalue weighted by molar-refractivity contribution is 6.07. The molecule has 8 heteroatoms. The van der Waals surface area contributed by atoms with Crippen LogP contribution in [-0.4, -0.2) is 37.2 Å². The van der Waals surface area contributed by atoms with Crippen molar-refractivity contribution in [3.63, 3.8) is 0 Å². The molecule has 1 aliphatic rings. The number of benzene rings is 1. The molecule has 3 aromatic heterocycles. The average Bonchev–Trinajstić information content (AvgIpc) is 3.33. The maximum absolute atomic E-state index is 13.0. The van der Waals surface area contributed by atoms with E-state index in [0.717, 1.165) is 21.9 Å². The topological polar surface area (TPSA) is 93.8 Å². The highest BCUT2D eigenvalue weighted by Crippen LogP contribution is 2.30. The number of amides is 2. The van der Waals surface area contributed by atoms with Crippen molar-refractivity contribution < 1.29 is 9.59 Å². The molecule has 4 aromatic rings. The summed E-state index contributed by atoms with van der Waals surface area (Å²) in [7, 11) is 0. The number of nitrogens with zero attached hydrogens (tertiary/aromatic N) is 4. The Labute approximate surface area is 179 Å². The van der Waals surface area contributed by atoms with Crippen LogP contribution in [0.1, 0.15) is 60.6 Å². The van der Waals surface area contributed by atoms with Crippen molar-refractivity contribution in [2.75, 3.05) is 5.32 Å². The summed E-state index contributed by atoms with van der Waals surface area (Å²) in [6.45, 7) is 8.15. The van der Waals surface area contributed by atoms with E-state index in [1.165, 1.54) is 0 Å². The Morgan fingerprint density at radius 3 is 2.71 bits per heavy atom. The molecule has 0 spiro atoms. The van der Waals surface area contributed by atoms with Crippen LogP contribution in [0.15, 0.2) is 42.7 Å². The van der Waals surface area contributed by atoms with Gasteiger partial charge in [0.2, 0.25) is 0 Å². The van der Waals surface area contributed by atoms with E-state index in [2.05, 4.69) is 27.6 Å². The van der Waals surface area contributed by atoms with Crippen LogP contribution in [0.4, 0.5) is 5.69 Å². The third-order valence-corrected chi connectivity index (χ3v) is 6.01. The van der Waals surface area contributed by atoms with E-state index in [0.29, 0.717) is 16.9 Å². The maximum Gasteiger partial charge on any atom is 0.268 e. The summed E-state index contributed by atoms with van der Waals surface area (Å²) in [5, 5.41) is 12.1. The summed E-state index contributed by atoms with van der Waals surface area (Å²) in [6.07, 6.45) is 3.40. The van der Waals surface area contributed by atoms with Crippen LogP contribution in [-0.2, 0) is 0 Å². The zero-order chi connectivity index (χ0) is 21.9. The second-order valence-electron chi connectivity index (χ2n) is 8.45. The highest BCUT2D eigenvalue weighted by Gasteiger charge is 2.29. The van der Waals surface area contributed by atoms with Crippen LogP contribution >= 0.6 is 0 Å². The summed E-state index contributed by atoms with van der Waals surface area (Å²) in [4.78, 5) is 29.8. The quantitative estimate of drug-likeness (QED) is 0.529. The van der Waals surface area contributed by atoms with Gasteiger partial charge in [-0.25, -0.2) is 9.67 Å². The van der Waals surface area contributed by atoms with Gasteiger partial charge in [0, 0.05) is 33.9 Å². The maximum atomic E-state index is 13.0. The molecule has 1 aromatic carbocycles. The summed E-state index contributed by atoms with van der Waals surface area (Å²) < 4.78 is 3.87. The lowest BCUT2D eigenvalue weighted by atomic mass is 10.1. The number of carbonyl (C=O) groups excluding carboxylic acids is 2. The number of hydrogen-bond donors (Lipinski definition) is 2. The molecule has 0 saturated carbocycles. The fraction of sp³-hybridized carbons (Fsp3) is 0.304. The Kier molecular flexibility index (Phi) is 4.32. The van der Waals surface area contributed by atoms with Crippen LogP contribution in [0.2, 0.25) is 0 Å². The van der Waals surface area contributed by atoms with Gasteiger partial charge in [-0.2, -0.15) is 5.10 Å². The molecule has 8 nitrogen and oxygen atoms in total. The van der Waals surface area contributed by atoms with Crippen LogP contribution in [0.3, 0.4) is 0 Å². The van der Waals surface area contributed by atoms with Gasteiger partial charge in [-0.05, 0) is 52.0 Å². The Morgan fingerprint density at radius 1 is 1.13 bits per heavy atom. The van der Waals surface area contributed by atoms with E-state index in [1.807, 2.05) is 54.3 Å². The van der Waals surface area contributed by atoms with Crippen molar-refractivity contribution in [2.24, 2.45) is 0 Å². The molecule has 31 heavy (non-hydrogen) atoms. The number of fused-ring (bicyclic) bond motifs is 4. The van der Waals surface area contributed by atoms with Crippen LogP contribution < -0.4 is 10.6 Å². The lowest BCUT2D eigenvalue weighted by Crippen LogP contribution is -2.44. The predicted octanol–water partition coefficient (Wildman–Crippen LogP) is 3.91. The number of hydrogen-bond acceptors (Lipinski definition) is 4. The third kappa shape index (κ3) is 3.06. The van der Waals surface area contributed by atoms with Crippen molar-refractivity contribution in [3.05, 3.63) is 54.0 Å². The van der Waals surface area contributed by atoms with Gasteiger partial charge in [0.25, 0.3) is 11.8 Å². The van der Waals surface area contributed by atoms with Crippen molar-refractivity contribution in [1.29, 1.82) is 0 Å². The Morgan fingerprint density at radius 2 is 1.94 bits per heavy atom. The number of anilines is 1. The number of pyridine rings is 1. The molecule has 2 amide bonds. The second-order valence-corrected chi connectivity index (χ2v) is 8.45. The molecule has 0 radical (unpaired) electrons. The highest BCUT2D eigenvalue weighted by atomic mass is 16.2. The minimum atomic E-state index is -0.226. The average molecular weight is 416 g/mol. The van der Waals surface area contributed by atoms with Gasteiger partial charge in [-0.3, -0.25) is 9.59 Å². The standard InChI is InChI=1S/C23H24N6O2/c1-12(2)29-21-17(10-25-29)7-18(11-24-21)27-22(30)16-6-5-15-8-20-23(31)26-13(3)14(4)28(20)19(15)9-16/h5-14H,1-4H3,(H,26,31)(H,27,30)/t13-,14+/m0/s1. The molecule has 2 atom stereocenters. The van der Waals surface area contributed by atoms with E-state index in [-0.39, 0.29) is 29.9 Å². The molecule has 0 bridgehead atoms. The molecular weight excluding hydrogens is 392 g/mol. The molecular formula is C23H24N6O2. The smallest absolute Gasteiger partial charge is 0.268 e. The number of nitrogens with one attached hydrogen (secondary N) is 2. The Balaban J connectivity index is 1.48. The fourth-order valence-corrected chi connectivity index (χ4v) is 4.19. The van der Waals surface area contributed by atoms with Gasteiger partial charge in [-0.1, -0.05) is 6.07 Å². The molecule has 5 rings (SSSR count). The zero-order valence-electron chi connectivity index (χ0n) is 17.9. The number of rotatable bonds is 3. The van der Waals surface area contributed by atoms with E-state index in [4.69, 9.17) is 0 Å². The summed E-state index contributed by atoms with van der Waals surface area (Å²) in [5.41, 5.74) is 3.42. The fourth-order valence-electron chi connectivity index (χ4n) is 4.19. The summed E-state index contributed by atoms with van der Waals surface area (Å²) in [5.74, 6) is -0.315. The third-order valence-electron chi connectivity index (χ3n) is 6.01. The van der Waals surface area contributed by atoms with Gasteiger partial charge in [-0.15, -0.1) is 0 Å². The lowest BCUT2D eigenvalue weighted by Gasteiger charge is -2.30. The van der Waals surface area contributed by atoms with Crippen LogP contribution in [0, 0.1) is 0 Å². The molecule has 0 aliphatic carbocycles. The van der Waals surface area contributed by atoms with Gasteiger partial charge >= 0.3 is 0 Å². The van der Waals surface area contributed by atoms with Crippen LogP contribution in [0.25, 0.3) is 21.9 Å². The Hall–Kier alpha value is -3.68. The SMILES string of the molecule is CC(C)n1ncc2cc(NC(=O)c3ccc4cc5n(c4c3)[C@H](C)[C@H](C)NC5=O)cnc21. The minimum absolute atomic E-state index is 0.0117. The molecule has 4 heterocycles. The molecule has 158 valence electrons. The first kappa shape index (κ1) is 19.3. The largest absolute Gasteiger partial charge is 0.346 e. The first-order valence-electron chi connectivity index (χ1n) is 10.4. The van der Waals surface area contributed by atoms with Gasteiger partial charge in [0.15, 0.2) is 5.65 Å². The summed E-state index contributed by atoms with van der Waals surface area (Å²) >= 11 is 0. The lowest BCUT2D eigenvalue weighted by molar-refractivity contribution is 0.0891. The second kappa shape index (κ2) is 6.94. The summed E-state index contributed by atoms with van der Waals surface area (Å²) in [6, 6.07) is 9.56.